The number of rotatable bonds is 8. The average Bonchev–Trinajstić information content (AvgIpc) is 3.26. The van der Waals surface area contributed by atoms with Crippen molar-refractivity contribution in [1.29, 1.82) is 0 Å². The van der Waals surface area contributed by atoms with E-state index in [0.717, 1.165) is 10.4 Å². The summed E-state index contributed by atoms with van der Waals surface area (Å²) in [6, 6.07) is 15.7. The molecule has 7 heteroatoms. The van der Waals surface area contributed by atoms with Crippen LogP contribution in [-0.2, 0) is 9.53 Å². The number of hydrogen-bond donors (Lipinski definition) is 1. The molecule has 1 aromatic heterocycles. The van der Waals surface area contributed by atoms with E-state index in [1.54, 1.807) is 36.4 Å². The maximum absolute atomic E-state index is 13.2. The first-order chi connectivity index (χ1) is 14.1. The van der Waals surface area contributed by atoms with Gasteiger partial charge in [-0.2, -0.15) is 0 Å². The Labute approximate surface area is 172 Å². The molecule has 3 aromatic rings. The maximum Gasteiger partial charge on any atom is 0.338 e. The molecule has 0 fully saturated rings. The van der Waals surface area contributed by atoms with Crippen LogP contribution in [0.5, 0.6) is 5.75 Å². The average molecular weight is 413 g/mol. The van der Waals surface area contributed by atoms with Gasteiger partial charge in [0.1, 0.15) is 11.6 Å². The van der Waals surface area contributed by atoms with E-state index in [-0.39, 0.29) is 5.82 Å². The number of amides is 1. The first kappa shape index (κ1) is 20.5. The number of carbonyl (C=O) groups is 2. The first-order valence-corrected chi connectivity index (χ1v) is 9.93. The van der Waals surface area contributed by atoms with Gasteiger partial charge in [-0.1, -0.05) is 18.2 Å². The molecule has 1 heterocycles. The quantitative estimate of drug-likeness (QED) is 0.558. The topological polar surface area (TPSA) is 64.6 Å². The Morgan fingerprint density at radius 1 is 1.07 bits per heavy atom. The molecule has 0 saturated carbocycles. The van der Waals surface area contributed by atoms with Crippen molar-refractivity contribution in [2.24, 2.45) is 0 Å². The van der Waals surface area contributed by atoms with Crippen LogP contribution in [-0.4, -0.2) is 25.1 Å². The van der Waals surface area contributed by atoms with Crippen molar-refractivity contribution in [3.8, 4) is 5.75 Å². The van der Waals surface area contributed by atoms with Crippen LogP contribution in [0.3, 0.4) is 0 Å². The van der Waals surface area contributed by atoms with Gasteiger partial charge in [0.2, 0.25) is 0 Å². The molecular weight excluding hydrogens is 393 g/mol. The summed E-state index contributed by atoms with van der Waals surface area (Å²) < 4.78 is 23.7. The van der Waals surface area contributed by atoms with Crippen molar-refractivity contribution in [3.63, 3.8) is 0 Å². The first-order valence-electron chi connectivity index (χ1n) is 9.05. The summed E-state index contributed by atoms with van der Waals surface area (Å²) in [6.45, 7) is 1.98. The fraction of sp³-hybridized carbons (Fsp3) is 0.182. The molecule has 0 radical (unpaired) electrons. The van der Waals surface area contributed by atoms with Gasteiger partial charge in [-0.25, -0.2) is 9.18 Å². The van der Waals surface area contributed by atoms with Crippen molar-refractivity contribution in [1.82, 2.24) is 5.32 Å². The number of thiophene rings is 1. The highest BCUT2D eigenvalue weighted by Gasteiger charge is 2.19. The number of ether oxygens (including phenoxy) is 2. The Bertz CT molecular complexity index is 940. The van der Waals surface area contributed by atoms with Gasteiger partial charge in [0, 0.05) is 4.88 Å². The van der Waals surface area contributed by atoms with E-state index < -0.39 is 24.5 Å². The predicted octanol–water partition coefficient (Wildman–Crippen LogP) is 4.35. The van der Waals surface area contributed by atoms with Gasteiger partial charge in [-0.05, 0) is 60.3 Å². The highest BCUT2D eigenvalue weighted by molar-refractivity contribution is 7.10. The lowest BCUT2D eigenvalue weighted by atomic mass is 10.1. The Balaban J connectivity index is 1.61. The Morgan fingerprint density at radius 3 is 2.41 bits per heavy atom. The molecule has 3 rings (SSSR count). The molecule has 1 amide bonds. The minimum atomic E-state index is -0.599. The molecule has 0 aliphatic rings. The molecule has 1 N–H and O–H groups in total. The monoisotopic (exact) mass is 413 g/mol. The molecule has 29 heavy (non-hydrogen) atoms. The summed E-state index contributed by atoms with van der Waals surface area (Å²) in [6.07, 6.45) is 0. The Kier molecular flexibility index (Phi) is 6.97. The van der Waals surface area contributed by atoms with E-state index in [2.05, 4.69) is 5.32 Å². The zero-order valence-electron chi connectivity index (χ0n) is 15.8. The molecule has 0 aliphatic carbocycles. The summed E-state index contributed by atoms with van der Waals surface area (Å²) >= 11 is 1.47. The smallest absolute Gasteiger partial charge is 0.338 e. The van der Waals surface area contributed by atoms with Crippen molar-refractivity contribution in [2.45, 2.75) is 13.0 Å². The normalized spacial score (nSPS) is 11.5. The van der Waals surface area contributed by atoms with E-state index >= 15 is 0 Å². The maximum atomic E-state index is 13.2. The molecule has 0 saturated heterocycles. The number of hydrogen-bond acceptors (Lipinski definition) is 5. The van der Waals surface area contributed by atoms with Gasteiger partial charge >= 0.3 is 5.97 Å². The number of nitrogens with one attached hydrogen (secondary N) is 1. The Hall–Kier alpha value is -3.19. The molecule has 5 nitrogen and oxygen atoms in total. The molecule has 1 atom stereocenters. The van der Waals surface area contributed by atoms with Crippen LogP contribution >= 0.6 is 11.3 Å². The molecule has 0 bridgehead atoms. The second-order valence-electron chi connectivity index (χ2n) is 6.10. The van der Waals surface area contributed by atoms with Crippen LogP contribution in [0, 0.1) is 5.82 Å². The summed E-state index contributed by atoms with van der Waals surface area (Å²) in [5, 5.41) is 4.73. The highest BCUT2D eigenvalue weighted by Crippen LogP contribution is 2.26. The van der Waals surface area contributed by atoms with Crippen molar-refractivity contribution in [3.05, 3.63) is 87.9 Å². The number of halogens is 1. The summed E-state index contributed by atoms with van der Waals surface area (Å²) in [4.78, 5) is 25.4. The lowest BCUT2D eigenvalue weighted by Crippen LogP contribution is -2.32. The lowest BCUT2D eigenvalue weighted by Gasteiger charge is -2.18. The van der Waals surface area contributed by atoms with E-state index in [1.807, 2.05) is 24.4 Å². The molecule has 0 unspecified atom stereocenters. The van der Waals surface area contributed by atoms with E-state index in [9.17, 15) is 14.0 Å². The van der Waals surface area contributed by atoms with Gasteiger partial charge in [0.05, 0.1) is 18.2 Å². The zero-order valence-corrected chi connectivity index (χ0v) is 16.6. The second-order valence-corrected chi connectivity index (χ2v) is 7.08. The number of carbonyl (C=O) groups excluding carboxylic acids is 2. The largest absolute Gasteiger partial charge is 0.494 e. The lowest BCUT2D eigenvalue weighted by molar-refractivity contribution is -0.124. The minimum Gasteiger partial charge on any atom is -0.494 e. The van der Waals surface area contributed by atoms with Crippen LogP contribution < -0.4 is 10.1 Å². The van der Waals surface area contributed by atoms with Crippen molar-refractivity contribution >= 4 is 23.2 Å². The van der Waals surface area contributed by atoms with Crippen LogP contribution in [0.2, 0.25) is 0 Å². The van der Waals surface area contributed by atoms with Crippen molar-refractivity contribution < 1.29 is 23.5 Å². The van der Waals surface area contributed by atoms with Gasteiger partial charge in [0.15, 0.2) is 6.61 Å². The van der Waals surface area contributed by atoms with Gasteiger partial charge in [0.25, 0.3) is 5.91 Å². The summed E-state index contributed by atoms with van der Waals surface area (Å²) in [5.41, 5.74) is 1.06. The molecule has 0 spiro atoms. The van der Waals surface area contributed by atoms with Crippen LogP contribution in [0.25, 0.3) is 0 Å². The second kappa shape index (κ2) is 9.84. The summed E-state index contributed by atoms with van der Waals surface area (Å²) in [5.74, 6) is -0.751. The zero-order chi connectivity index (χ0) is 20.6. The molecule has 150 valence electrons. The van der Waals surface area contributed by atoms with Gasteiger partial charge in [-0.3, -0.25) is 4.79 Å². The fourth-order valence-corrected chi connectivity index (χ4v) is 3.50. The van der Waals surface area contributed by atoms with E-state index in [4.69, 9.17) is 9.47 Å². The van der Waals surface area contributed by atoms with Gasteiger partial charge < -0.3 is 14.8 Å². The third kappa shape index (κ3) is 5.65. The fourth-order valence-electron chi connectivity index (χ4n) is 2.70. The third-order valence-corrected chi connectivity index (χ3v) is 5.01. The highest BCUT2D eigenvalue weighted by atomic mass is 32.1. The number of benzene rings is 2. The van der Waals surface area contributed by atoms with E-state index in [0.29, 0.717) is 17.9 Å². The predicted molar refractivity (Wildman–Crippen MR) is 109 cm³/mol. The SMILES string of the molecule is CCOc1ccc(C(=O)OCC(=O)N[C@H](c2ccc(F)cc2)c2cccs2)cc1. The molecule has 2 aromatic carbocycles. The van der Waals surface area contributed by atoms with Crippen molar-refractivity contribution in [2.75, 3.05) is 13.2 Å². The molecular formula is C22H20FNO4S. The van der Waals surface area contributed by atoms with Gasteiger partial charge in [-0.15, -0.1) is 11.3 Å². The van der Waals surface area contributed by atoms with Crippen LogP contribution in [0.4, 0.5) is 4.39 Å². The van der Waals surface area contributed by atoms with Crippen LogP contribution in [0.1, 0.15) is 33.8 Å². The minimum absolute atomic E-state index is 0.328. The number of esters is 1. The molecule has 0 aliphatic heterocycles. The Morgan fingerprint density at radius 2 is 1.79 bits per heavy atom. The summed E-state index contributed by atoms with van der Waals surface area (Å²) in [7, 11) is 0. The van der Waals surface area contributed by atoms with Crippen LogP contribution in [0.15, 0.2) is 66.0 Å². The third-order valence-electron chi connectivity index (χ3n) is 4.07. The standard InChI is InChI=1S/C22H20FNO4S/c1-2-27-18-11-7-16(8-12-18)22(26)28-14-20(25)24-21(19-4-3-13-29-19)15-5-9-17(23)10-6-15/h3-13,21H,2,14H2,1H3,(H,24,25)/t21-/m1/s1. The van der Waals surface area contributed by atoms with E-state index in [1.165, 1.54) is 23.5 Å².